The zero-order valence-electron chi connectivity index (χ0n) is 13.6. The maximum Gasteiger partial charge on any atom is 0.0491 e. The van der Waals surface area contributed by atoms with Gasteiger partial charge >= 0.3 is 0 Å². The van der Waals surface area contributed by atoms with Crippen LogP contribution in [0.3, 0.4) is 0 Å². The Hall–Kier alpha value is -1.76. The third-order valence-electron chi connectivity index (χ3n) is 4.32. The van der Waals surface area contributed by atoms with Crippen LogP contribution in [0.1, 0.15) is 39.7 Å². The molecule has 0 aliphatic carbocycles. The molecule has 0 saturated heterocycles. The third-order valence-corrected chi connectivity index (χ3v) is 4.32. The van der Waals surface area contributed by atoms with Gasteiger partial charge in [0, 0.05) is 28.4 Å². The number of rotatable bonds is 3. The van der Waals surface area contributed by atoms with Gasteiger partial charge in [0.15, 0.2) is 0 Å². The van der Waals surface area contributed by atoms with Crippen LogP contribution in [0, 0.1) is 5.41 Å². The summed E-state index contributed by atoms with van der Waals surface area (Å²) in [6.45, 7) is 10.2. The summed E-state index contributed by atoms with van der Waals surface area (Å²) in [4.78, 5) is 0. The lowest BCUT2D eigenvalue weighted by molar-refractivity contribution is 0.378. The molecule has 1 aromatic heterocycles. The van der Waals surface area contributed by atoms with E-state index < -0.39 is 0 Å². The molecule has 0 saturated carbocycles. The van der Waals surface area contributed by atoms with E-state index in [0.717, 1.165) is 13.0 Å². The Balaban J connectivity index is 2.11. The second kappa shape index (κ2) is 5.22. The normalized spacial score (nSPS) is 12.4. The fraction of sp³-hybridized carbons (Fsp3) is 0.400. The first kappa shape index (κ1) is 14.2. The van der Waals surface area contributed by atoms with E-state index in [2.05, 4.69) is 74.7 Å². The van der Waals surface area contributed by atoms with E-state index in [0.29, 0.717) is 5.41 Å². The van der Waals surface area contributed by atoms with Crippen molar-refractivity contribution in [3.8, 4) is 0 Å². The summed E-state index contributed by atoms with van der Waals surface area (Å²) >= 11 is 0. The molecule has 3 aromatic rings. The Bertz CT molecular complexity index is 771. The lowest BCUT2D eigenvalue weighted by atomic mass is 9.88. The SMILES string of the molecule is CCn1c2ccccc2c2cc(CCC(C)(C)C)ccc21. The van der Waals surface area contributed by atoms with Gasteiger partial charge in [0.25, 0.3) is 0 Å². The van der Waals surface area contributed by atoms with Gasteiger partial charge in [-0.15, -0.1) is 0 Å². The van der Waals surface area contributed by atoms with Crippen molar-refractivity contribution in [3.63, 3.8) is 0 Å². The summed E-state index contributed by atoms with van der Waals surface area (Å²) in [7, 11) is 0. The van der Waals surface area contributed by atoms with Gasteiger partial charge in [-0.3, -0.25) is 0 Å². The summed E-state index contributed by atoms with van der Waals surface area (Å²) in [6, 6.07) is 15.8. The molecule has 0 fully saturated rings. The third kappa shape index (κ3) is 2.70. The maximum atomic E-state index is 2.41. The van der Waals surface area contributed by atoms with Crippen molar-refractivity contribution < 1.29 is 0 Å². The van der Waals surface area contributed by atoms with Crippen molar-refractivity contribution in [1.29, 1.82) is 0 Å². The van der Waals surface area contributed by atoms with Crippen molar-refractivity contribution in [2.45, 2.75) is 47.1 Å². The molecule has 0 amide bonds. The first-order chi connectivity index (χ1) is 9.99. The number of fused-ring (bicyclic) bond motifs is 3. The van der Waals surface area contributed by atoms with Crippen molar-refractivity contribution in [2.75, 3.05) is 0 Å². The lowest BCUT2D eigenvalue weighted by Crippen LogP contribution is -2.06. The average molecular weight is 279 g/mol. The summed E-state index contributed by atoms with van der Waals surface area (Å²) in [5.74, 6) is 0. The molecule has 0 radical (unpaired) electrons. The second-order valence-electron chi connectivity index (χ2n) is 7.17. The van der Waals surface area contributed by atoms with E-state index in [-0.39, 0.29) is 0 Å². The van der Waals surface area contributed by atoms with Crippen LogP contribution in [0.25, 0.3) is 21.8 Å². The molecule has 1 heteroatoms. The highest BCUT2D eigenvalue weighted by molar-refractivity contribution is 6.08. The number of hydrogen-bond donors (Lipinski definition) is 0. The van der Waals surface area contributed by atoms with Gasteiger partial charge in [0.1, 0.15) is 0 Å². The monoisotopic (exact) mass is 279 g/mol. The van der Waals surface area contributed by atoms with Gasteiger partial charge in [-0.05, 0) is 48.9 Å². The van der Waals surface area contributed by atoms with Crippen LogP contribution in [-0.4, -0.2) is 4.57 Å². The van der Waals surface area contributed by atoms with Crippen molar-refractivity contribution in [3.05, 3.63) is 48.0 Å². The van der Waals surface area contributed by atoms with E-state index >= 15 is 0 Å². The predicted molar refractivity (Wildman–Crippen MR) is 92.9 cm³/mol. The second-order valence-corrected chi connectivity index (χ2v) is 7.17. The lowest BCUT2D eigenvalue weighted by Gasteiger charge is -2.17. The van der Waals surface area contributed by atoms with Crippen molar-refractivity contribution in [1.82, 2.24) is 4.57 Å². The maximum absolute atomic E-state index is 2.41. The summed E-state index contributed by atoms with van der Waals surface area (Å²) < 4.78 is 2.41. The Morgan fingerprint density at radius 3 is 2.33 bits per heavy atom. The molecule has 1 heterocycles. The molecule has 0 bridgehead atoms. The summed E-state index contributed by atoms with van der Waals surface area (Å²) in [5.41, 5.74) is 4.56. The van der Waals surface area contributed by atoms with Gasteiger partial charge in [-0.1, -0.05) is 45.0 Å². The molecule has 110 valence electrons. The average Bonchev–Trinajstić information content (AvgIpc) is 2.77. The molecule has 1 nitrogen and oxygen atoms in total. The molecule has 2 aromatic carbocycles. The molecule has 0 unspecified atom stereocenters. The zero-order chi connectivity index (χ0) is 15.0. The highest BCUT2D eigenvalue weighted by atomic mass is 15.0. The number of para-hydroxylation sites is 1. The number of aryl methyl sites for hydroxylation is 2. The smallest absolute Gasteiger partial charge is 0.0491 e. The zero-order valence-corrected chi connectivity index (χ0v) is 13.6. The van der Waals surface area contributed by atoms with Gasteiger partial charge in [0.05, 0.1) is 0 Å². The number of aromatic nitrogens is 1. The molecule has 0 aliphatic heterocycles. The molecule has 0 spiro atoms. The number of benzene rings is 2. The van der Waals surface area contributed by atoms with Crippen LogP contribution in [0.4, 0.5) is 0 Å². The molecule has 21 heavy (non-hydrogen) atoms. The fourth-order valence-corrected chi connectivity index (χ4v) is 3.12. The Morgan fingerprint density at radius 2 is 1.62 bits per heavy atom. The minimum Gasteiger partial charge on any atom is -0.341 e. The minimum atomic E-state index is 0.395. The summed E-state index contributed by atoms with van der Waals surface area (Å²) in [5, 5.41) is 2.78. The van der Waals surface area contributed by atoms with E-state index in [1.54, 1.807) is 0 Å². The largest absolute Gasteiger partial charge is 0.341 e. The first-order valence-corrected chi connectivity index (χ1v) is 7.99. The topological polar surface area (TPSA) is 4.93 Å². The van der Waals surface area contributed by atoms with Crippen LogP contribution >= 0.6 is 0 Å². The molecular formula is C20H25N. The molecule has 0 aliphatic rings. The fourth-order valence-electron chi connectivity index (χ4n) is 3.12. The van der Waals surface area contributed by atoms with Crippen molar-refractivity contribution >= 4 is 21.8 Å². The van der Waals surface area contributed by atoms with Gasteiger partial charge < -0.3 is 4.57 Å². The highest BCUT2D eigenvalue weighted by Crippen LogP contribution is 2.30. The molecular weight excluding hydrogens is 254 g/mol. The van der Waals surface area contributed by atoms with E-state index in [4.69, 9.17) is 0 Å². The van der Waals surface area contributed by atoms with E-state index in [1.165, 1.54) is 33.8 Å². The van der Waals surface area contributed by atoms with Crippen molar-refractivity contribution in [2.24, 2.45) is 5.41 Å². The molecule has 0 atom stereocenters. The van der Waals surface area contributed by atoms with E-state index in [9.17, 15) is 0 Å². The van der Waals surface area contributed by atoms with Gasteiger partial charge in [-0.25, -0.2) is 0 Å². The predicted octanol–water partition coefficient (Wildman–Crippen LogP) is 5.79. The summed E-state index contributed by atoms with van der Waals surface area (Å²) in [6.07, 6.45) is 2.38. The van der Waals surface area contributed by atoms with Crippen LogP contribution < -0.4 is 0 Å². The number of nitrogens with zero attached hydrogens (tertiary/aromatic N) is 1. The Labute approximate surface area is 127 Å². The Morgan fingerprint density at radius 1 is 0.905 bits per heavy atom. The van der Waals surface area contributed by atoms with Crippen LogP contribution in [0.15, 0.2) is 42.5 Å². The molecule has 3 rings (SSSR count). The van der Waals surface area contributed by atoms with Gasteiger partial charge in [0.2, 0.25) is 0 Å². The van der Waals surface area contributed by atoms with Crippen LogP contribution in [0.5, 0.6) is 0 Å². The quantitative estimate of drug-likeness (QED) is 0.571. The molecule has 0 N–H and O–H groups in total. The Kier molecular flexibility index (Phi) is 3.52. The highest BCUT2D eigenvalue weighted by Gasteiger charge is 2.12. The van der Waals surface area contributed by atoms with Crippen LogP contribution in [-0.2, 0) is 13.0 Å². The van der Waals surface area contributed by atoms with Crippen LogP contribution in [0.2, 0.25) is 0 Å². The minimum absolute atomic E-state index is 0.395. The van der Waals surface area contributed by atoms with E-state index in [1.807, 2.05) is 0 Å². The standard InChI is InChI=1S/C20H25N/c1-5-21-18-9-7-6-8-16(18)17-14-15(10-11-19(17)21)12-13-20(2,3)4/h6-11,14H,5,12-13H2,1-4H3. The first-order valence-electron chi connectivity index (χ1n) is 7.99. The van der Waals surface area contributed by atoms with Gasteiger partial charge in [-0.2, -0.15) is 0 Å². The number of hydrogen-bond acceptors (Lipinski definition) is 0.